The fourth-order valence-electron chi connectivity index (χ4n) is 5.34. The molecule has 5 rings (SSSR count). The van der Waals surface area contributed by atoms with Crippen LogP contribution in [0.15, 0.2) is 53.1 Å². The molecule has 1 N–H and O–H groups in total. The maximum Gasteiger partial charge on any atom is 0.254 e. The molecule has 2 aliphatic rings. The van der Waals surface area contributed by atoms with Gasteiger partial charge in [0.05, 0.1) is 45.5 Å². The number of nitrogens with one attached hydrogen (secondary N) is 1. The van der Waals surface area contributed by atoms with Crippen molar-refractivity contribution in [3.8, 4) is 17.2 Å². The van der Waals surface area contributed by atoms with E-state index in [-0.39, 0.29) is 42.6 Å². The summed E-state index contributed by atoms with van der Waals surface area (Å²) < 4.78 is 22.1. The molecule has 2 aliphatic heterocycles. The Labute approximate surface area is 238 Å². The Kier molecular flexibility index (Phi) is 8.42. The van der Waals surface area contributed by atoms with Gasteiger partial charge < -0.3 is 33.9 Å². The normalized spacial score (nSPS) is 19.1. The lowest BCUT2D eigenvalue weighted by Crippen LogP contribution is -2.47. The smallest absolute Gasteiger partial charge is 0.254 e. The molecule has 3 heterocycles. The van der Waals surface area contributed by atoms with Gasteiger partial charge in [-0.25, -0.2) is 0 Å². The molecule has 0 radical (unpaired) electrons. The van der Waals surface area contributed by atoms with E-state index in [1.165, 1.54) is 4.90 Å². The highest BCUT2D eigenvalue weighted by atomic mass is 16.5. The maximum absolute atomic E-state index is 13.5. The minimum absolute atomic E-state index is 0.00154. The van der Waals surface area contributed by atoms with Crippen molar-refractivity contribution in [3.63, 3.8) is 0 Å². The van der Waals surface area contributed by atoms with Crippen molar-refractivity contribution in [2.24, 2.45) is 0 Å². The molecule has 0 aliphatic carbocycles. The molecule has 3 amide bonds. The van der Waals surface area contributed by atoms with E-state index in [0.29, 0.717) is 66.9 Å². The van der Waals surface area contributed by atoms with E-state index in [0.717, 1.165) is 5.56 Å². The number of aryl methyl sites for hydroxylation is 1. The van der Waals surface area contributed by atoms with Gasteiger partial charge in [0.2, 0.25) is 11.8 Å². The van der Waals surface area contributed by atoms with Crippen LogP contribution in [0.1, 0.15) is 39.7 Å². The Morgan fingerprint density at radius 1 is 1.07 bits per heavy atom. The molecule has 216 valence electrons. The van der Waals surface area contributed by atoms with Crippen LogP contribution < -0.4 is 19.5 Å². The van der Waals surface area contributed by atoms with Crippen molar-refractivity contribution < 1.29 is 33.1 Å². The molecule has 1 aromatic heterocycles. The third-order valence-electron chi connectivity index (χ3n) is 7.41. The number of ether oxygens (including phenoxy) is 3. The summed E-state index contributed by atoms with van der Waals surface area (Å²) in [5.41, 5.74) is 2.10. The number of benzene rings is 2. The van der Waals surface area contributed by atoms with Gasteiger partial charge in [-0.3, -0.25) is 14.4 Å². The second kappa shape index (κ2) is 12.3. The van der Waals surface area contributed by atoms with Crippen LogP contribution in [-0.4, -0.2) is 85.7 Å². The summed E-state index contributed by atoms with van der Waals surface area (Å²) in [6, 6.07) is 14.0. The van der Waals surface area contributed by atoms with Crippen LogP contribution >= 0.6 is 0 Å². The fraction of sp³-hybridized carbons (Fsp3) is 0.400. The molecule has 11 nitrogen and oxygen atoms in total. The number of nitrogens with zero attached hydrogens (tertiary/aromatic N) is 3. The van der Waals surface area contributed by atoms with Crippen LogP contribution in [0.2, 0.25) is 0 Å². The highest BCUT2D eigenvalue weighted by Gasteiger charge is 2.38. The Hall–Kier alpha value is -4.54. The Morgan fingerprint density at radius 3 is 2.68 bits per heavy atom. The van der Waals surface area contributed by atoms with Crippen LogP contribution in [-0.2, 0) is 16.0 Å². The topological polar surface area (TPSA) is 123 Å². The SMILES string of the molecule is COc1cccc(C(=O)N2C[C@@H]3NC(=O)CN(C(=O)Cc4cc(C)no4)CCCOc4cc(ccc4OC)[C@H]3C2)c1. The summed E-state index contributed by atoms with van der Waals surface area (Å²) in [7, 11) is 3.13. The largest absolute Gasteiger partial charge is 0.497 e. The van der Waals surface area contributed by atoms with Gasteiger partial charge >= 0.3 is 0 Å². The molecule has 2 aromatic carbocycles. The number of hydrogen-bond acceptors (Lipinski definition) is 8. The van der Waals surface area contributed by atoms with Gasteiger partial charge in [0.25, 0.3) is 5.91 Å². The minimum atomic E-state index is -0.382. The van der Waals surface area contributed by atoms with Crippen LogP contribution in [0.5, 0.6) is 17.2 Å². The third kappa shape index (κ3) is 6.45. The lowest BCUT2D eigenvalue weighted by atomic mass is 9.94. The first-order valence-electron chi connectivity index (χ1n) is 13.6. The molecule has 2 bridgehead atoms. The fourth-order valence-corrected chi connectivity index (χ4v) is 5.34. The number of amides is 3. The van der Waals surface area contributed by atoms with E-state index >= 15 is 0 Å². The van der Waals surface area contributed by atoms with Crippen molar-refractivity contribution >= 4 is 17.7 Å². The summed E-state index contributed by atoms with van der Waals surface area (Å²) in [6.07, 6.45) is 0.510. The highest BCUT2D eigenvalue weighted by molar-refractivity contribution is 5.95. The summed E-state index contributed by atoms with van der Waals surface area (Å²) in [5, 5.41) is 6.95. The Balaban J connectivity index is 1.41. The molecule has 11 heteroatoms. The average Bonchev–Trinajstić information content (AvgIpc) is 3.59. The van der Waals surface area contributed by atoms with Crippen molar-refractivity contribution in [1.29, 1.82) is 0 Å². The molecular formula is C30H34N4O7. The maximum atomic E-state index is 13.5. The first-order valence-corrected chi connectivity index (χ1v) is 13.6. The highest BCUT2D eigenvalue weighted by Crippen LogP contribution is 2.35. The standard InChI is InChI=1S/C30H34N4O7/c1-19-12-23(41-32-19)15-29(36)33-10-5-11-40-27-14-20(8-9-26(27)39-3)24-16-34(17-25(24)31-28(35)18-33)30(37)21-6-4-7-22(13-21)38-2/h4,6-9,12-14,24-25H,5,10-11,15-18H2,1-3H3,(H,31,35)/t24-,25+/m1/s1. The van der Waals surface area contributed by atoms with Gasteiger partial charge in [-0.1, -0.05) is 17.3 Å². The van der Waals surface area contributed by atoms with Crippen LogP contribution in [0.3, 0.4) is 0 Å². The van der Waals surface area contributed by atoms with Gasteiger partial charge in [0.15, 0.2) is 11.5 Å². The zero-order valence-corrected chi connectivity index (χ0v) is 23.4. The molecule has 1 fully saturated rings. The van der Waals surface area contributed by atoms with Gasteiger partial charge in [0.1, 0.15) is 11.5 Å². The number of carbonyl (C=O) groups is 3. The molecular weight excluding hydrogens is 528 g/mol. The number of carbonyl (C=O) groups excluding carboxylic acids is 3. The number of likely N-dealkylation sites (tertiary alicyclic amines) is 1. The van der Waals surface area contributed by atoms with E-state index in [1.807, 2.05) is 18.2 Å². The van der Waals surface area contributed by atoms with Crippen molar-refractivity contribution in [2.45, 2.75) is 31.7 Å². The Morgan fingerprint density at radius 2 is 1.93 bits per heavy atom. The van der Waals surface area contributed by atoms with E-state index in [9.17, 15) is 14.4 Å². The summed E-state index contributed by atoms with van der Waals surface area (Å²) >= 11 is 0. The minimum Gasteiger partial charge on any atom is -0.497 e. The third-order valence-corrected chi connectivity index (χ3v) is 7.41. The molecule has 0 unspecified atom stereocenters. The van der Waals surface area contributed by atoms with Crippen LogP contribution in [0.4, 0.5) is 0 Å². The monoisotopic (exact) mass is 562 g/mol. The average molecular weight is 563 g/mol. The van der Waals surface area contributed by atoms with Crippen LogP contribution in [0.25, 0.3) is 0 Å². The molecule has 0 saturated carbocycles. The summed E-state index contributed by atoms with van der Waals surface area (Å²) in [4.78, 5) is 43.2. The number of fused-ring (bicyclic) bond motifs is 4. The van der Waals surface area contributed by atoms with Gasteiger partial charge in [-0.2, -0.15) is 0 Å². The van der Waals surface area contributed by atoms with Crippen molar-refractivity contribution in [2.75, 3.05) is 47.0 Å². The first-order chi connectivity index (χ1) is 19.8. The van der Waals surface area contributed by atoms with Crippen molar-refractivity contribution in [3.05, 3.63) is 71.1 Å². The number of rotatable bonds is 5. The molecule has 0 spiro atoms. The second-order valence-electron chi connectivity index (χ2n) is 10.3. The van der Waals surface area contributed by atoms with Crippen LogP contribution in [0, 0.1) is 6.92 Å². The molecule has 41 heavy (non-hydrogen) atoms. The number of aromatic nitrogens is 1. The van der Waals surface area contributed by atoms with Gasteiger partial charge in [-0.15, -0.1) is 0 Å². The first kappa shape index (κ1) is 28.0. The van der Waals surface area contributed by atoms with E-state index in [1.54, 1.807) is 56.4 Å². The van der Waals surface area contributed by atoms with E-state index in [2.05, 4.69) is 10.5 Å². The second-order valence-corrected chi connectivity index (χ2v) is 10.3. The zero-order chi connectivity index (χ0) is 28.9. The predicted molar refractivity (Wildman–Crippen MR) is 148 cm³/mol. The molecule has 3 aromatic rings. The van der Waals surface area contributed by atoms with Gasteiger partial charge in [-0.05, 0) is 49.2 Å². The van der Waals surface area contributed by atoms with Gasteiger partial charge in [0, 0.05) is 37.2 Å². The van der Waals surface area contributed by atoms with Crippen molar-refractivity contribution in [1.82, 2.24) is 20.3 Å². The zero-order valence-electron chi connectivity index (χ0n) is 23.4. The summed E-state index contributed by atoms with van der Waals surface area (Å²) in [5.74, 6) is 1.28. The van der Waals surface area contributed by atoms with E-state index in [4.69, 9.17) is 18.7 Å². The predicted octanol–water partition coefficient (Wildman–Crippen LogP) is 2.58. The molecule has 2 atom stereocenters. The quantitative estimate of drug-likeness (QED) is 0.504. The lowest BCUT2D eigenvalue weighted by Gasteiger charge is -2.24. The lowest BCUT2D eigenvalue weighted by molar-refractivity contribution is -0.136. The number of methoxy groups -OCH3 is 2. The number of hydrogen-bond donors (Lipinski definition) is 1. The molecule has 1 saturated heterocycles. The van der Waals surface area contributed by atoms with E-state index < -0.39 is 0 Å². The summed E-state index contributed by atoms with van der Waals surface area (Å²) in [6.45, 7) is 2.99. The Bertz CT molecular complexity index is 1420.